The number of para-hydroxylation sites is 1. The zero-order chi connectivity index (χ0) is 24.5. The van der Waals surface area contributed by atoms with E-state index in [1.165, 1.54) is 10.8 Å². The number of hydrogen-bond acceptors (Lipinski definition) is 6. The summed E-state index contributed by atoms with van der Waals surface area (Å²) in [5.74, 6) is 1.05. The van der Waals surface area contributed by atoms with Gasteiger partial charge in [-0.1, -0.05) is 30.3 Å². The molecule has 1 aliphatic heterocycles. The van der Waals surface area contributed by atoms with Crippen molar-refractivity contribution in [2.45, 2.75) is 20.8 Å². The van der Waals surface area contributed by atoms with E-state index in [9.17, 15) is 13.2 Å². The molecule has 0 saturated heterocycles. The topological polar surface area (TPSA) is 90.2 Å². The molecule has 1 aromatic heterocycles. The maximum absolute atomic E-state index is 13.5. The fourth-order valence-electron chi connectivity index (χ4n) is 4.17. The molecule has 0 aliphatic carbocycles. The van der Waals surface area contributed by atoms with Crippen molar-refractivity contribution in [2.24, 2.45) is 4.40 Å². The molecule has 8 nitrogen and oxygen atoms in total. The average molecular weight is 482 g/mol. The quantitative estimate of drug-likeness (QED) is 0.511. The SMILES string of the molecule is CCOC(=O)n1cc(C2=C(c3ccc(OC)cc3)C(N(CC)CC)=NS2(=O)=O)c2ccccc21. The minimum absolute atomic E-state index is 0.0683. The Bertz CT molecular complexity index is 1400. The van der Waals surface area contributed by atoms with Gasteiger partial charge in [-0.2, -0.15) is 8.42 Å². The van der Waals surface area contributed by atoms with Crippen LogP contribution >= 0.6 is 0 Å². The lowest BCUT2D eigenvalue weighted by Gasteiger charge is -2.22. The number of hydrogen-bond donors (Lipinski definition) is 0. The van der Waals surface area contributed by atoms with E-state index in [2.05, 4.69) is 4.40 Å². The largest absolute Gasteiger partial charge is 0.497 e. The van der Waals surface area contributed by atoms with Gasteiger partial charge in [-0.25, -0.2) is 4.79 Å². The predicted octanol–water partition coefficient (Wildman–Crippen LogP) is 4.61. The fraction of sp³-hybridized carbons (Fsp3) is 0.280. The highest BCUT2D eigenvalue weighted by atomic mass is 32.2. The first-order chi connectivity index (χ1) is 16.4. The van der Waals surface area contributed by atoms with Gasteiger partial charge in [0.25, 0.3) is 10.0 Å². The number of methoxy groups -OCH3 is 1. The van der Waals surface area contributed by atoms with Gasteiger partial charge in [0.2, 0.25) is 0 Å². The van der Waals surface area contributed by atoms with Crippen LogP contribution in [0.3, 0.4) is 0 Å². The Balaban J connectivity index is 2.06. The fourth-order valence-corrected chi connectivity index (χ4v) is 5.60. The summed E-state index contributed by atoms with van der Waals surface area (Å²) in [5.41, 5.74) is 2.15. The van der Waals surface area contributed by atoms with Crippen LogP contribution in [0, 0.1) is 0 Å². The van der Waals surface area contributed by atoms with Crippen molar-refractivity contribution >= 4 is 43.3 Å². The lowest BCUT2D eigenvalue weighted by molar-refractivity contribution is 0.155. The number of nitrogens with zero attached hydrogens (tertiary/aromatic N) is 3. The molecule has 0 N–H and O–H groups in total. The van der Waals surface area contributed by atoms with Crippen molar-refractivity contribution in [3.05, 3.63) is 65.9 Å². The number of carbonyl (C=O) groups excluding carboxylic acids is 1. The highest BCUT2D eigenvalue weighted by Crippen LogP contribution is 2.42. The molecule has 0 bridgehead atoms. The van der Waals surface area contributed by atoms with Gasteiger partial charge < -0.3 is 14.4 Å². The molecule has 1 aliphatic rings. The van der Waals surface area contributed by atoms with E-state index in [-0.39, 0.29) is 11.5 Å². The predicted molar refractivity (Wildman–Crippen MR) is 133 cm³/mol. The molecule has 0 atom stereocenters. The number of amidine groups is 1. The Hall–Kier alpha value is -3.59. The van der Waals surface area contributed by atoms with Gasteiger partial charge in [0.1, 0.15) is 10.7 Å². The first-order valence-corrected chi connectivity index (χ1v) is 12.6. The summed E-state index contributed by atoms with van der Waals surface area (Å²) in [6.45, 7) is 7.00. The number of rotatable bonds is 6. The third-order valence-electron chi connectivity index (χ3n) is 5.78. The Morgan fingerprint density at radius 1 is 1.03 bits per heavy atom. The summed E-state index contributed by atoms with van der Waals surface area (Å²) in [6, 6.07) is 14.4. The molecular formula is C25H27N3O5S. The maximum Gasteiger partial charge on any atom is 0.418 e. The van der Waals surface area contributed by atoms with Crippen LogP contribution in [0.2, 0.25) is 0 Å². The van der Waals surface area contributed by atoms with Gasteiger partial charge in [-0.05, 0) is 44.5 Å². The second-order valence-electron chi connectivity index (χ2n) is 7.62. The summed E-state index contributed by atoms with van der Waals surface area (Å²) >= 11 is 0. The summed E-state index contributed by atoms with van der Waals surface area (Å²) < 4.78 is 43.1. The highest BCUT2D eigenvalue weighted by Gasteiger charge is 2.38. The zero-order valence-corrected chi connectivity index (χ0v) is 20.4. The first-order valence-electron chi connectivity index (χ1n) is 11.1. The Kier molecular flexibility index (Phi) is 6.47. The van der Waals surface area contributed by atoms with E-state index in [1.807, 2.05) is 36.9 Å². The zero-order valence-electron chi connectivity index (χ0n) is 19.6. The second-order valence-corrected chi connectivity index (χ2v) is 9.16. The molecule has 9 heteroatoms. The molecule has 2 aromatic carbocycles. The monoisotopic (exact) mass is 481 g/mol. The normalized spacial score (nSPS) is 14.9. The first kappa shape index (κ1) is 23.6. The van der Waals surface area contributed by atoms with E-state index in [1.54, 1.807) is 44.4 Å². The van der Waals surface area contributed by atoms with Crippen molar-refractivity contribution in [2.75, 3.05) is 26.8 Å². The van der Waals surface area contributed by atoms with Crippen LogP contribution < -0.4 is 4.74 Å². The third-order valence-corrected chi connectivity index (χ3v) is 7.13. The minimum Gasteiger partial charge on any atom is -0.497 e. The van der Waals surface area contributed by atoms with E-state index < -0.39 is 16.1 Å². The molecule has 0 unspecified atom stereocenters. The van der Waals surface area contributed by atoms with E-state index in [0.717, 1.165) is 0 Å². The number of fused-ring (bicyclic) bond motifs is 1. The summed E-state index contributed by atoms with van der Waals surface area (Å²) in [5, 5.41) is 0.621. The van der Waals surface area contributed by atoms with Crippen LogP contribution in [0.1, 0.15) is 31.9 Å². The lowest BCUT2D eigenvalue weighted by Crippen LogP contribution is -2.30. The molecule has 4 rings (SSSR count). The molecular weight excluding hydrogens is 454 g/mol. The van der Waals surface area contributed by atoms with Gasteiger partial charge in [0, 0.05) is 35.8 Å². The summed E-state index contributed by atoms with van der Waals surface area (Å²) in [7, 11) is -2.48. The number of aromatic nitrogens is 1. The molecule has 0 amide bonds. The van der Waals surface area contributed by atoms with Crippen molar-refractivity contribution in [1.82, 2.24) is 9.47 Å². The summed E-state index contributed by atoms with van der Waals surface area (Å²) in [6.07, 6.45) is 0.955. The van der Waals surface area contributed by atoms with E-state index >= 15 is 0 Å². The molecule has 178 valence electrons. The molecule has 2 heterocycles. The van der Waals surface area contributed by atoms with Gasteiger partial charge in [-0.15, -0.1) is 4.40 Å². The van der Waals surface area contributed by atoms with E-state index in [4.69, 9.17) is 9.47 Å². The van der Waals surface area contributed by atoms with Crippen molar-refractivity contribution in [3.8, 4) is 5.75 Å². The number of benzene rings is 2. The second kappa shape index (κ2) is 9.34. The Morgan fingerprint density at radius 2 is 1.71 bits per heavy atom. The molecule has 0 radical (unpaired) electrons. The van der Waals surface area contributed by atoms with Gasteiger partial charge in [-0.3, -0.25) is 4.57 Å². The van der Waals surface area contributed by atoms with Gasteiger partial charge in [0.05, 0.1) is 19.2 Å². The van der Waals surface area contributed by atoms with Crippen LogP contribution in [0.5, 0.6) is 5.75 Å². The maximum atomic E-state index is 13.5. The number of carbonyl (C=O) groups is 1. The standard InChI is InChI=1S/C25H27N3O5S/c1-5-27(6-2)24-22(17-12-14-18(32-4)15-13-17)23(34(30,31)26-24)20-16-28(25(29)33-7-3)21-11-9-8-10-19(20)21/h8-16H,5-7H2,1-4H3. The Labute approximate surface area is 199 Å². The molecule has 0 fully saturated rings. The van der Waals surface area contributed by atoms with Crippen LogP contribution in [0.15, 0.2) is 59.1 Å². The van der Waals surface area contributed by atoms with Gasteiger partial charge >= 0.3 is 6.09 Å². The van der Waals surface area contributed by atoms with Crippen molar-refractivity contribution < 1.29 is 22.7 Å². The van der Waals surface area contributed by atoms with Crippen LogP contribution in [-0.4, -0.2) is 56.6 Å². The number of sulfonamides is 1. The van der Waals surface area contributed by atoms with Crippen molar-refractivity contribution in [1.29, 1.82) is 0 Å². The third kappa shape index (κ3) is 3.96. The molecule has 3 aromatic rings. The lowest BCUT2D eigenvalue weighted by atomic mass is 10.00. The Morgan fingerprint density at radius 3 is 2.32 bits per heavy atom. The van der Waals surface area contributed by atoms with E-state index in [0.29, 0.717) is 52.3 Å². The summed E-state index contributed by atoms with van der Waals surface area (Å²) in [4.78, 5) is 14.6. The molecule has 34 heavy (non-hydrogen) atoms. The number of ether oxygens (including phenoxy) is 2. The average Bonchev–Trinajstić information content (AvgIpc) is 3.34. The van der Waals surface area contributed by atoms with Crippen LogP contribution in [-0.2, 0) is 14.8 Å². The van der Waals surface area contributed by atoms with Crippen molar-refractivity contribution in [3.63, 3.8) is 0 Å². The molecule has 0 spiro atoms. The number of likely N-dealkylation sites (N-methyl/N-ethyl adjacent to an activating group) is 1. The van der Waals surface area contributed by atoms with Gasteiger partial charge in [0.15, 0.2) is 5.84 Å². The van der Waals surface area contributed by atoms with Crippen LogP contribution in [0.25, 0.3) is 21.4 Å². The van der Waals surface area contributed by atoms with Crippen LogP contribution in [0.4, 0.5) is 4.79 Å². The minimum atomic E-state index is -4.05. The highest BCUT2D eigenvalue weighted by molar-refractivity contribution is 8.00. The smallest absolute Gasteiger partial charge is 0.418 e. The molecule has 0 saturated carbocycles.